The van der Waals surface area contributed by atoms with Crippen molar-refractivity contribution in [1.82, 2.24) is 0 Å². The minimum absolute atomic E-state index is 0.468. The minimum Gasteiger partial charge on any atom is -0.493 e. The van der Waals surface area contributed by atoms with Crippen molar-refractivity contribution in [3.8, 4) is 16.9 Å². The van der Waals surface area contributed by atoms with Crippen molar-refractivity contribution in [3.63, 3.8) is 0 Å². The largest absolute Gasteiger partial charge is 0.493 e. The Hall–Kier alpha value is -2.20. The van der Waals surface area contributed by atoms with Gasteiger partial charge < -0.3 is 15.2 Å². The summed E-state index contributed by atoms with van der Waals surface area (Å²) in [6.45, 7) is 2.31. The van der Waals surface area contributed by atoms with Gasteiger partial charge >= 0.3 is 6.09 Å². The summed E-state index contributed by atoms with van der Waals surface area (Å²) in [6, 6.07) is 13.4. The monoisotopic (exact) mass is 317 g/mol. The van der Waals surface area contributed by atoms with Gasteiger partial charge in [0.05, 0.1) is 6.61 Å². The highest BCUT2D eigenvalue weighted by atomic mass is 35.5. The van der Waals surface area contributed by atoms with Gasteiger partial charge in [-0.1, -0.05) is 35.9 Å². The summed E-state index contributed by atoms with van der Waals surface area (Å²) < 4.78 is 11.0. The smallest absolute Gasteiger partial charge is 0.405 e. The first kappa shape index (κ1) is 14.7. The van der Waals surface area contributed by atoms with Crippen LogP contribution in [0.4, 0.5) is 4.79 Å². The second-order valence-corrected chi connectivity index (χ2v) is 5.91. The van der Waals surface area contributed by atoms with Crippen molar-refractivity contribution in [2.75, 3.05) is 6.61 Å². The number of halogens is 1. The van der Waals surface area contributed by atoms with E-state index in [0.29, 0.717) is 23.8 Å². The molecular formula is C17H16ClNO3. The fourth-order valence-electron chi connectivity index (χ4n) is 2.74. The summed E-state index contributed by atoms with van der Waals surface area (Å²) in [4.78, 5) is 11.2. The third-order valence-electron chi connectivity index (χ3n) is 3.87. The zero-order valence-electron chi connectivity index (χ0n) is 12.1. The summed E-state index contributed by atoms with van der Waals surface area (Å²) in [5, 5.41) is 0.679. The van der Waals surface area contributed by atoms with Crippen LogP contribution in [0.3, 0.4) is 0 Å². The number of hydrogen-bond acceptors (Lipinski definition) is 3. The van der Waals surface area contributed by atoms with Crippen LogP contribution < -0.4 is 10.5 Å². The maximum Gasteiger partial charge on any atom is 0.405 e. The fraction of sp³-hybridized carbons (Fsp3) is 0.235. The molecule has 0 aliphatic carbocycles. The number of carbonyl (C=O) groups is 1. The molecule has 0 saturated carbocycles. The van der Waals surface area contributed by atoms with Crippen LogP contribution in [0.5, 0.6) is 5.75 Å². The first-order valence-corrected chi connectivity index (χ1v) is 7.37. The lowest BCUT2D eigenvalue weighted by atomic mass is 9.88. The predicted octanol–water partition coefficient (Wildman–Crippen LogP) is 4.10. The Balaban J connectivity index is 2.02. The number of benzene rings is 2. The zero-order valence-corrected chi connectivity index (χ0v) is 12.9. The quantitative estimate of drug-likeness (QED) is 0.907. The molecule has 0 radical (unpaired) electrons. The van der Waals surface area contributed by atoms with Crippen molar-refractivity contribution in [1.29, 1.82) is 0 Å². The number of carbonyl (C=O) groups excluding carboxylic acids is 1. The van der Waals surface area contributed by atoms with E-state index in [1.54, 1.807) is 0 Å². The van der Waals surface area contributed by atoms with Gasteiger partial charge in [0.25, 0.3) is 0 Å². The lowest BCUT2D eigenvalue weighted by Gasteiger charge is -2.34. The molecule has 0 spiro atoms. The van der Waals surface area contributed by atoms with E-state index in [-0.39, 0.29) is 0 Å². The van der Waals surface area contributed by atoms with Gasteiger partial charge in [-0.15, -0.1) is 0 Å². The Kier molecular flexibility index (Phi) is 3.71. The van der Waals surface area contributed by atoms with Crippen LogP contribution >= 0.6 is 11.6 Å². The number of ether oxygens (including phenoxy) is 2. The van der Waals surface area contributed by atoms with Crippen LogP contribution in [0.2, 0.25) is 5.02 Å². The van der Waals surface area contributed by atoms with Crippen molar-refractivity contribution < 1.29 is 14.3 Å². The van der Waals surface area contributed by atoms with E-state index in [4.69, 9.17) is 26.8 Å². The van der Waals surface area contributed by atoms with Gasteiger partial charge in [-0.25, -0.2) is 4.79 Å². The molecule has 2 aromatic carbocycles. The molecule has 1 atom stereocenters. The van der Waals surface area contributed by atoms with E-state index in [0.717, 1.165) is 16.7 Å². The van der Waals surface area contributed by atoms with Gasteiger partial charge in [0, 0.05) is 17.0 Å². The standard InChI is InChI=1S/C17H16ClNO3/c1-17(22-16(19)20)7-8-21-15-10-12(5-6-14(15)17)11-3-2-4-13(18)9-11/h2-6,9-10H,7-8H2,1H3,(H2,19,20). The summed E-state index contributed by atoms with van der Waals surface area (Å²) in [5.74, 6) is 0.701. The highest BCUT2D eigenvalue weighted by Gasteiger charge is 2.36. The first-order chi connectivity index (χ1) is 10.5. The van der Waals surface area contributed by atoms with E-state index in [1.165, 1.54) is 0 Å². The Morgan fingerprint density at radius 3 is 2.77 bits per heavy atom. The van der Waals surface area contributed by atoms with Gasteiger partial charge in [-0.05, 0) is 36.2 Å². The van der Waals surface area contributed by atoms with Crippen LogP contribution in [0, 0.1) is 0 Å². The first-order valence-electron chi connectivity index (χ1n) is 7.00. The molecule has 3 rings (SSSR count). The van der Waals surface area contributed by atoms with Crippen LogP contribution in [0.15, 0.2) is 42.5 Å². The molecule has 2 aromatic rings. The molecule has 0 aromatic heterocycles. The number of rotatable bonds is 2. The Bertz CT molecular complexity index is 732. The average molecular weight is 318 g/mol. The van der Waals surface area contributed by atoms with Crippen molar-refractivity contribution >= 4 is 17.7 Å². The Labute approximate surface area is 133 Å². The second kappa shape index (κ2) is 5.54. The molecule has 0 fully saturated rings. The molecular weight excluding hydrogens is 302 g/mol. The summed E-state index contributed by atoms with van der Waals surface area (Å²) in [6.07, 6.45) is -0.214. The predicted molar refractivity (Wildman–Crippen MR) is 85.0 cm³/mol. The van der Waals surface area contributed by atoms with Crippen molar-refractivity contribution in [2.24, 2.45) is 5.73 Å². The number of primary amides is 1. The number of fused-ring (bicyclic) bond motifs is 1. The molecule has 0 saturated heterocycles. The fourth-order valence-corrected chi connectivity index (χ4v) is 2.93. The van der Waals surface area contributed by atoms with Crippen LogP contribution in [0.1, 0.15) is 18.9 Å². The highest BCUT2D eigenvalue weighted by Crippen LogP contribution is 2.41. The van der Waals surface area contributed by atoms with Gasteiger partial charge in [0.2, 0.25) is 0 Å². The van der Waals surface area contributed by atoms with Gasteiger partial charge in [0.15, 0.2) is 0 Å². The lowest BCUT2D eigenvalue weighted by molar-refractivity contribution is -0.00280. The zero-order chi connectivity index (χ0) is 15.7. The molecule has 4 nitrogen and oxygen atoms in total. The Morgan fingerprint density at radius 2 is 2.05 bits per heavy atom. The van der Waals surface area contributed by atoms with Crippen LogP contribution in [-0.2, 0) is 10.3 Å². The van der Waals surface area contributed by atoms with Crippen molar-refractivity contribution in [2.45, 2.75) is 18.9 Å². The summed E-state index contributed by atoms with van der Waals surface area (Å²) in [5.41, 5.74) is 7.24. The summed E-state index contributed by atoms with van der Waals surface area (Å²) in [7, 11) is 0. The number of amides is 1. The topological polar surface area (TPSA) is 61.5 Å². The van der Waals surface area contributed by atoms with E-state index in [9.17, 15) is 4.79 Å². The molecule has 1 heterocycles. The molecule has 2 N–H and O–H groups in total. The van der Waals surface area contributed by atoms with Crippen LogP contribution in [0.25, 0.3) is 11.1 Å². The molecule has 114 valence electrons. The maximum absolute atomic E-state index is 11.2. The Morgan fingerprint density at radius 1 is 1.27 bits per heavy atom. The lowest BCUT2D eigenvalue weighted by Crippen LogP contribution is -2.36. The molecule has 0 bridgehead atoms. The number of nitrogens with two attached hydrogens (primary N) is 1. The van der Waals surface area contributed by atoms with Gasteiger partial charge in [-0.2, -0.15) is 0 Å². The van der Waals surface area contributed by atoms with Gasteiger partial charge in [-0.3, -0.25) is 0 Å². The average Bonchev–Trinajstić information content (AvgIpc) is 2.46. The van der Waals surface area contributed by atoms with Crippen LogP contribution in [-0.4, -0.2) is 12.7 Å². The normalized spacial score (nSPS) is 19.9. The highest BCUT2D eigenvalue weighted by molar-refractivity contribution is 6.30. The molecule has 22 heavy (non-hydrogen) atoms. The second-order valence-electron chi connectivity index (χ2n) is 5.47. The van der Waals surface area contributed by atoms with E-state index >= 15 is 0 Å². The molecule has 5 heteroatoms. The van der Waals surface area contributed by atoms with Gasteiger partial charge in [0.1, 0.15) is 11.4 Å². The third-order valence-corrected chi connectivity index (χ3v) is 4.11. The van der Waals surface area contributed by atoms with E-state index < -0.39 is 11.7 Å². The molecule has 1 unspecified atom stereocenters. The number of hydrogen-bond donors (Lipinski definition) is 1. The third kappa shape index (κ3) is 2.74. The molecule has 1 aliphatic heterocycles. The maximum atomic E-state index is 11.2. The van der Waals surface area contributed by atoms with E-state index in [1.807, 2.05) is 49.4 Å². The SMILES string of the molecule is CC1(OC(N)=O)CCOc2cc(-c3cccc(Cl)c3)ccc21. The van der Waals surface area contributed by atoms with E-state index in [2.05, 4.69) is 0 Å². The molecule has 1 aliphatic rings. The van der Waals surface area contributed by atoms with Crippen molar-refractivity contribution in [3.05, 3.63) is 53.1 Å². The molecule has 1 amide bonds. The minimum atomic E-state index is -0.783. The summed E-state index contributed by atoms with van der Waals surface area (Å²) >= 11 is 6.04.